The Morgan fingerprint density at radius 3 is 2.69 bits per heavy atom. The number of Topliss-reactive ketones (excluding diaryl/α,β-unsaturated/α-hetero) is 1. The van der Waals surface area contributed by atoms with E-state index in [1.54, 1.807) is 0 Å². The van der Waals surface area contributed by atoms with Gasteiger partial charge in [-0.15, -0.1) is 0 Å². The summed E-state index contributed by atoms with van der Waals surface area (Å²) < 4.78 is 0. The summed E-state index contributed by atoms with van der Waals surface area (Å²) >= 11 is 0. The third kappa shape index (κ3) is 1.30. The molecule has 0 saturated carbocycles. The maximum absolute atomic E-state index is 11.7. The molecule has 2 aliphatic heterocycles. The predicted molar refractivity (Wildman–Crippen MR) is 51.7 cm³/mol. The summed E-state index contributed by atoms with van der Waals surface area (Å²) in [7, 11) is 4.14. The molecule has 3 nitrogen and oxygen atoms in total. The van der Waals surface area contributed by atoms with E-state index in [0.717, 1.165) is 38.9 Å². The zero-order valence-electron chi connectivity index (χ0n) is 8.55. The van der Waals surface area contributed by atoms with Crippen LogP contribution in [0, 0.1) is 0 Å². The van der Waals surface area contributed by atoms with Crippen LogP contribution in [0.15, 0.2) is 0 Å². The van der Waals surface area contributed by atoms with Crippen molar-refractivity contribution in [3.63, 3.8) is 0 Å². The molecule has 0 aromatic carbocycles. The van der Waals surface area contributed by atoms with Crippen molar-refractivity contribution in [2.45, 2.75) is 24.8 Å². The Hall–Kier alpha value is -0.410. The molecule has 0 amide bonds. The first-order chi connectivity index (χ1) is 6.15. The second-order valence-electron chi connectivity index (χ2n) is 4.50. The zero-order chi connectivity index (χ0) is 9.47. The van der Waals surface area contributed by atoms with Crippen LogP contribution in [0.2, 0.25) is 0 Å². The van der Waals surface area contributed by atoms with Gasteiger partial charge in [-0.25, -0.2) is 0 Å². The fourth-order valence-electron chi connectivity index (χ4n) is 2.48. The molecule has 3 heteroatoms. The van der Waals surface area contributed by atoms with E-state index in [-0.39, 0.29) is 5.54 Å². The molecule has 0 aromatic heterocycles. The van der Waals surface area contributed by atoms with Crippen molar-refractivity contribution in [1.82, 2.24) is 9.80 Å². The van der Waals surface area contributed by atoms with Crippen LogP contribution in [0.3, 0.4) is 0 Å². The summed E-state index contributed by atoms with van der Waals surface area (Å²) in [5, 5.41) is 0. The standard InChI is InChI=1S/C10H18N2O/c1-11(2)7-4-10-5-8-12(10)6-3-9(10)13/h3-8H2,1-2H3. The van der Waals surface area contributed by atoms with Crippen molar-refractivity contribution in [3.8, 4) is 0 Å². The number of nitrogens with zero attached hydrogens (tertiary/aromatic N) is 2. The van der Waals surface area contributed by atoms with Crippen LogP contribution in [-0.2, 0) is 4.79 Å². The van der Waals surface area contributed by atoms with Gasteiger partial charge in [-0.3, -0.25) is 9.69 Å². The molecule has 1 unspecified atom stereocenters. The van der Waals surface area contributed by atoms with Crippen molar-refractivity contribution in [3.05, 3.63) is 0 Å². The number of carbonyl (C=O) groups is 1. The van der Waals surface area contributed by atoms with Crippen molar-refractivity contribution < 1.29 is 4.79 Å². The van der Waals surface area contributed by atoms with E-state index in [4.69, 9.17) is 0 Å². The van der Waals surface area contributed by atoms with Crippen molar-refractivity contribution in [2.75, 3.05) is 33.7 Å². The van der Waals surface area contributed by atoms with E-state index in [1.165, 1.54) is 0 Å². The maximum atomic E-state index is 11.7. The lowest BCUT2D eigenvalue weighted by Crippen LogP contribution is -2.60. The molecule has 13 heavy (non-hydrogen) atoms. The van der Waals surface area contributed by atoms with Crippen molar-refractivity contribution in [2.24, 2.45) is 0 Å². The molecule has 1 atom stereocenters. The molecule has 0 aromatic rings. The van der Waals surface area contributed by atoms with E-state index in [9.17, 15) is 4.79 Å². The summed E-state index contributed by atoms with van der Waals surface area (Å²) in [5.74, 6) is 0.487. The Balaban J connectivity index is 1.98. The smallest absolute Gasteiger partial charge is 0.154 e. The Kier molecular flexibility index (Phi) is 2.16. The van der Waals surface area contributed by atoms with Gasteiger partial charge < -0.3 is 4.90 Å². The molecule has 2 heterocycles. The molecule has 0 radical (unpaired) electrons. The monoisotopic (exact) mass is 182 g/mol. The van der Waals surface area contributed by atoms with Gasteiger partial charge in [0.15, 0.2) is 5.78 Å². The second-order valence-corrected chi connectivity index (χ2v) is 4.50. The topological polar surface area (TPSA) is 23.6 Å². The van der Waals surface area contributed by atoms with Crippen molar-refractivity contribution in [1.29, 1.82) is 0 Å². The lowest BCUT2D eigenvalue weighted by Gasteiger charge is -2.47. The second kappa shape index (κ2) is 3.07. The molecule has 2 saturated heterocycles. The van der Waals surface area contributed by atoms with Gasteiger partial charge in [-0.05, 0) is 33.5 Å². The third-order valence-corrected chi connectivity index (χ3v) is 3.50. The fourth-order valence-corrected chi connectivity index (χ4v) is 2.48. The number of rotatable bonds is 3. The Morgan fingerprint density at radius 2 is 2.23 bits per heavy atom. The number of carbonyl (C=O) groups excluding carboxylic acids is 1. The average molecular weight is 182 g/mol. The van der Waals surface area contributed by atoms with Crippen LogP contribution in [-0.4, -0.2) is 54.9 Å². The van der Waals surface area contributed by atoms with E-state index >= 15 is 0 Å². The minimum Gasteiger partial charge on any atom is -0.309 e. The number of hydrogen-bond acceptors (Lipinski definition) is 3. The van der Waals surface area contributed by atoms with Gasteiger partial charge in [0.25, 0.3) is 0 Å². The summed E-state index contributed by atoms with van der Waals surface area (Å²) in [6.07, 6.45) is 2.91. The molecule has 2 rings (SSSR count). The molecular formula is C10H18N2O. The minimum absolute atomic E-state index is 0.0235. The first-order valence-electron chi connectivity index (χ1n) is 5.08. The minimum atomic E-state index is -0.0235. The van der Waals surface area contributed by atoms with E-state index < -0.39 is 0 Å². The first kappa shape index (κ1) is 9.16. The Bertz CT molecular complexity index is 227. The number of hydrogen-bond donors (Lipinski definition) is 0. The highest BCUT2D eigenvalue weighted by atomic mass is 16.1. The highest BCUT2D eigenvalue weighted by molar-refractivity contribution is 5.91. The largest absolute Gasteiger partial charge is 0.309 e. The molecule has 0 spiro atoms. The van der Waals surface area contributed by atoms with Gasteiger partial charge >= 0.3 is 0 Å². The van der Waals surface area contributed by atoms with Gasteiger partial charge in [0.2, 0.25) is 0 Å². The summed E-state index contributed by atoms with van der Waals surface area (Å²) in [6, 6.07) is 0. The van der Waals surface area contributed by atoms with Crippen LogP contribution in [0.5, 0.6) is 0 Å². The van der Waals surface area contributed by atoms with E-state index in [0.29, 0.717) is 5.78 Å². The van der Waals surface area contributed by atoms with Crippen molar-refractivity contribution >= 4 is 5.78 Å². The van der Waals surface area contributed by atoms with Gasteiger partial charge in [-0.1, -0.05) is 0 Å². The SMILES string of the molecule is CN(C)CCC12CCN1CCC2=O. The fraction of sp³-hybridized carbons (Fsp3) is 0.900. The van der Waals surface area contributed by atoms with Crippen LogP contribution in [0.4, 0.5) is 0 Å². The van der Waals surface area contributed by atoms with Crippen LogP contribution in [0.1, 0.15) is 19.3 Å². The van der Waals surface area contributed by atoms with Crippen LogP contribution in [0.25, 0.3) is 0 Å². The van der Waals surface area contributed by atoms with E-state index in [1.807, 2.05) is 0 Å². The van der Waals surface area contributed by atoms with Crippen LogP contribution < -0.4 is 0 Å². The Labute approximate surface area is 79.7 Å². The molecule has 2 fully saturated rings. The lowest BCUT2D eigenvalue weighted by atomic mass is 9.81. The zero-order valence-corrected chi connectivity index (χ0v) is 8.55. The quantitative estimate of drug-likeness (QED) is 0.629. The lowest BCUT2D eigenvalue weighted by molar-refractivity contribution is -0.131. The summed E-state index contributed by atoms with van der Waals surface area (Å²) in [5.41, 5.74) is -0.0235. The molecule has 2 aliphatic rings. The third-order valence-electron chi connectivity index (χ3n) is 3.50. The normalized spacial score (nSPS) is 33.6. The highest BCUT2D eigenvalue weighted by Crippen LogP contribution is 2.40. The molecule has 0 bridgehead atoms. The number of ketones is 1. The van der Waals surface area contributed by atoms with Gasteiger partial charge in [0.05, 0.1) is 5.54 Å². The first-order valence-corrected chi connectivity index (χ1v) is 5.08. The molecular weight excluding hydrogens is 164 g/mol. The van der Waals surface area contributed by atoms with Gasteiger partial charge in [0, 0.05) is 19.5 Å². The van der Waals surface area contributed by atoms with Gasteiger partial charge in [0.1, 0.15) is 0 Å². The van der Waals surface area contributed by atoms with Crippen LogP contribution >= 0.6 is 0 Å². The molecule has 0 N–H and O–H groups in total. The summed E-state index contributed by atoms with van der Waals surface area (Å²) in [6.45, 7) is 3.17. The van der Waals surface area contributed by atoms with Gasteiger partial charge in [-0.2, -0.15) is 0 Å². The van der Waals surface area contributed by atoms with E-state index in [2.05, 4.69) is 23.9 Å². The molecule has 0 aliphatic carbocycles. The highest BCUT2D eigenvalue weighted by Gasteiger charge is 2.53. The average Bonchev–Trinajstić information content (AvgIpc) is 2.21. The molecule has 74 valence electrons. The summed E-state index contributed by atoms with van der Waals surface area (Å²) in [4.78, 5) is 16.2. The Morgan fingerprint density at radius 1 is 1.46 bits per heavy atom. The maximum Gasteiger partial charge on any atom is 0.154 e. The number of fused-ring (bicyclic) bond motifs is 1. The predicted octanol–water partition coefficient (Wildman–Crippen LogP) is 0.355.